The molecular formula is C15H28N4O4. The summed E-state index contributed by atoms with van der Waals surface area (Å²) in [4.78, 5) is 14.8. The lowest BCUT2D eigenvalue weighted by Gasteiger charge is -2.27. The average molecular weight is 328 g/mol. The van der Waals surface area contributed by atoms with Crippen molar-refractivity contribution >= 4 is 5.96 Å². The van der Waals surface area contributed by atoms with Crippen molar-refractivity contribution in [1.29, 1.82) is 0 Å². The van der Waals surface area contributed by atoms with E-state index in [2.05, 4.69) is 18.9 Å². The highest BCUT2D eigenvalue weighted by Gasteiger charge is 2.38. The number of ether oxygens (including phenoxy) is 2. The van der Waals surface area contributed by atoms with Crippen LogP contribution in [0.3, 0.4) is 0 Å². The second-order valence-corrected chi connectivity index (χ2v) is 6.89. The van der Waals surface area contributed by atoms with E-state index in [4.69, 9.17) is 9.47 Å². The number of hydrogen-bond acceptors (Lipinski definition) is 4. The van der Waals surface area contributed by atoms with E-state index in [0.29, 0.717) is 31.6 Å². The number of hydrogen-bond donors (Lipinski definition) is 0. The molecule has 2 heterocycles. The van der Waals surface area contributed by atoms with Gasteiger partial charge in [0.2, 0.25) is 0 Å². The minimum absolute atomic E-state index is 0.109. The van der Waals surface area contributed by atoms with Crippen molar-refractivity contribution < 1.29 is 14.5 Å². The standard InChI is InChI=1S/C15H28N4O4/c1-5-8-22-12(2)18-7-6-17(14(18)16-19(20)21)10-13-9-15(3,4)23-11-13/h12-13H,5-11H2,1-4H3. The molecule has 2 fully saturated rings. The molecule has 0 bridgehead atoms. The lowest BCUT2D eigenvalue weighted by Crippen LogP contribution is -2.42. The van der Waals surface area contributed by atoms with Crippen molar-refractivity contribution in [1.82, 2.24) is 9.80 Å². The highest BCUT2D eigenvalue weighted by atomic mass is 16.7. The van der Waals surface area contributed by atoms with Gasteiger partial charge in [-0.1, -0.05) is 6.92 Å². The van der Waals surface area contributed by atoms with E-state index in [9.17, 15) is 10.1 Å². The molecule has 0 radical (unpaired) electrons. The zero-order valence-corrected chi connectivity index (χ0v) is 14.5. The third kappa shape index (κ3) is 4.78. The largest absolute Gasteiger partial charge is 0.375 e. The number of guanidine groups is 1. The summed E-state index contributed by atoms with van der Waals surface area (Å²) in [7, 11) is 0. The molecule has 8 nitrogen and oxygen atoms in total. The molecule has 0 amide bonds. The molecule has 8 heteroatoms. The van der Waals surface area contributed by atoms with E-state index in [1.165, 1.54) is 0 Å². The van der Waals surface area contributed by atoms with Gasteiger partial charge < -0.3 is 19.3 Å². The van der Waals surface area contributed by atoms with E-state index in [-0.39, 0.29) is 11.8 Å². The maximum absolute atomic E-state index is 10.9. The second kappa shape index (κ2) is 7.44. The van der Waals surface area contributed by atoms with Gasteiger partial charge in [0.1, 0.15) is 11.3 Å². The van der Waals surface area contributed by atoms with Crippen LogP contribution in [0.1, 0.15) is 40.5 Å². The summed E-state index contributed by atoms with van der Waals surface area (Å²) in [6.45, 7) is 11.6. The molecule has 2 aliphatic rings. The third-order valence-corrected chi connectivity index (χ3v) is 4.29. The van der Waals surface area contributed by atoms with Crippen molar-refractivity contribution in [3.05, 3.63) is 10.1 Å². The van der Waals surface area contributed by atoms with E-state index in [0.717, 1.165) is 25.9 Å². The molecule has 0 aromatic rings. The fraction of sp³-hybridized carbons (Fsp3) is 0.933. The minimum atomic E-state index is -0.623. The first-order valence-corrected chi connectivity index (χ1v) is 8.32. The van der Waals surface area contributed by atoms with Gasteiger partial charge in [-0.05, 0) is 33.6 Å². The first-order chi connectivity index (χ1) is 10.8. The second-order valence-electron chi connectivity index (χ2n) is 6.89. The summed E-state index contributed by atoms with van der Waals surface area (Å²) in [6.07, 6.45) is 1.66. The van der Waals surface area contributed by atoms with Crippen molar-refractivity contribution in [3.8, 4) is 0 Å². The van der Waals surface area contributed by atoms with Gasteiger partial charge >= 0.3 is 0 Å². The Morgan fingerprint density at radius 2 is 2.26 bits per heavy atom. The fourth-order valence-corrected chi connectivity index (χ4v) is 3.28. The number of hydrazone groups is 1. The van der Waals surface area contributed by atoms with Crippen LogP contribution in [0.25, 0.3) is 0 Å². The molecule has 2 unspecified atom stereocenters. The highest BCUT2D eigenvalue weighted by Crippen LogP contribution is 2.30. The summed E-state index contributed by atoms with van der Waals surface area (Å²) < 4.78 is 11.5. The molecule has 0 saturated carbocycles. The fourth-order valence-electron chi connectivity index (χ4n) is 3.28. The number of rotatable bonds is 7. The molecule has 23 heavy (non-hydrogen) atoms. The molecule has 2 saturated heterocycles. The predicted octanol–water partition coefficient (Wildman–Crippen LogP) is 1.74. The van der Waals surface area contributed by atoms with Gasteiger partial charge in [-0.3, -0.25) is 0 Å². The van der Waals surface area contributed by atoms with Gasteiger partial charge in [0.05, 0.1) is 12.2 Å². The van der Waals surface area contributed by atoms with E-state index in [1.54, 1.807) is 0 Å². The first-order valence-electron chi connectivity index (χ1n) is 8.32. The van der Waals surface area contributed by atoms with Crippen molar-refractivity contribution in [2.24, 2.45) is 11.0 Å². The van der Waals surface area contributed by atoms with Gasteiger partial charge in [0.15, 0.2) is 5.03 Å². The van der Waals surface area contributed by atoms with Crippen molar-refractivity contribution in [2.45, 2.75) is 52.4 Å². The number of nitro groups is 1. The van der Waals surface area contributed by atoms with Crippen LogP contribution >= 0.6 is 0 Å². The predicted molar refractivity (Wildman–Crippen MR) is 86.6 cm³/mol. The van der Waals surface area contributed by atoms with Gasteiger partial charge in [-0.25, -0.2) is 10.1 Å². The Bertz CT molecular complexity index is 455. The SMILES string of the molecule is CCCOC(C)N1CCN(CC2COC(C)(C)C2)C1=N[N+](=O)[O-]. The van der Waals surface area contributed by atoms with Crippen LogP contribution in [-0.4, -0.2) is 65.5 Å². The van der Waals surface area contributed by atoms with E-state index in [1.807, 2.05) is 23.6 Å². The smallest absolute Gasteiger partial charge is 0.276 e. The molecule has 2 aliphatic heterocycles. The lowest BCUT2D eigenvalue weighted by molar-refractivity contribution is -0.486. The van der Waals surface area contributed by atoms with Gasteiger partial charge in [-0.15, -0.1) is 0 Å². The van der Waals surface area contributed by atoms with Crippen LogP contribution in [0.15, 0.2) is 5.10 Å². The zero-order chi connectivity index (χ0) is 17.0. The van der Waals surface area contributed by atoms with Gasteiger partial charge in [-0.2, -0.15) is 0 Å². The first kappa shape index (κ1) is 17.9. The lowest BCUT2D eigenvalue weighted by atomic mass is 9.97. The zero-order valence-electron chi connectivity index (χ0n) is 14.5. The van der Waals surface area contributed by atoms with Crippen molar-refractivity contribution in [3.63, 3.8) is 0 Å². The normalized spacial score (nSPS) is 27.0. The van der Waals surface area contributed by atoms with Gasteiger partial charge in [0, 0.05) is 32.2 Å². The van der Waals surface area contributed by atoms with E-state index < -0.39 is 5.03 Å². The third-order valence-electron chi connectivity index (χ3n) is 4.29. The van der Waals surface area contributed by atoms with Crippen LogP contribution in [-0.2, 0) is 9.47 Å². The summed E-state index contributed by atoms with van der Waals surface area (Å²) in [5.74, 6) is 0.775. The molecule has 0 aromatic heterocycles. The Morgan fingerprint density at radius 3 is 2.83 bits per heavy atom. The summed E-state index contributed by atoms with van der Waals surface area (Å²) >= 11 is 0. The molecular weight excluding hydrogens is 300 g/mol. The molecule has 0 aromatic carbocycles. The summed E-state index contributed by atoms with van der Waals surface area (Å²) in [6, 6.07) is 0. The van der Waals surface area contributed by atoms with Crippen molar-refractivity contribution in [2.75, 3.05) is 32.8 Å². The maximum Gasteiger partial charge on any atom is 0.276 e. The minimum Gasteiger partial charge on any atom is -0.375 e. The topological polar surface area (TPSA) is 80.4 Å². The van der Waals surface area contributed by atoms with E-state index >= 15 is 0 Å². The maximum atomic E-state index is 10.9. The van der Waals surface area contributed by atoms with Crippen LogP contribution in [0.4, 0.5) is 0 Å². The summed E-state index contributed by atoms with van der Waals surface area (Å²) in [5, 5.41) is 13.9. The summed E-state index contributed by atoms with van der Waals surface area (Å²) in [5.41, 5.74) is -0.109. The van der Waals surface area contributed by atoms with Crippen LogP contribution in [0.2, 0.25) is 0 Å². The van der Waals surface area contributed by atoms with Crippen LogP contribution in [0.5, 0.6) is 0 Å². The Hall–Kier alpha value is -1.41. The Kier molecular flexibility index (Phi) is 5.80. The monoisotopic (exact) mass is 328 g/mol. The number of nitrogens with zero attached hydrogens (tertiary/aromatic N) is 4. The molecule has 0 N–H and O–H groups in total. The molecule has 2 rings (SSSR count). The molecule has 0 aliphatic carbocycles. The Balaban J connectivity index is 2.03. The highest BCUT2D eigenvalue weighted by molar-refractivity contribution is 5.81. The Morgan fingerprint density at radius 1 is 1.52 bits per heavy atom. The van der Waals surface area contributed by atoms with Crippen LogP contribution in [0, 0.1) is 16.0 Å². The average Bonchev–Trinajstić information content (AvgIpc) is 3.00. The molecule has 0 spiro atoms. The molecule has 132 valence electrons. The quantitative estimate of drug-likeness (QED) is 0.523. The molecule has 2 atom stereocenters. The van der Waals surface area contributed by atoms with Crippen LogP contribution < -0.4 is 0 Å². The van der Waals surface area contributed by atoms with Gasteiger partial charge in [0.25, 0.3) is 5.96 Å². The Labute approximate surface area is 137 Å².